The monoisotopic (exact) mass is 298 g/mol. The molecule has 0 N–H and O–H groups in total. The highest BCUT2D eigenvalue weighted by atomic mass is 16.5. The molecule has 2 heteroatoms. The van der Waals surface area contributed by atoms with Gasteiger partial charge in [0.25, 0.3) is 0 Å². The molecule has 22 heavy (non-hydrogen) atoms. The molecule has 2 nitrogen and oxygen atoms in total. The lowest BCUT2D eigenvalue weighted by molar-refractivity contribution is -0.117. The van der Waals surface area contributed by atoms with Crippen molar-refractivity contribution >= 4 is 11.4 Å². The number of carbonyl (C=O) groups excluding carboxylic acids is 1. The minimum absolute atomic E-state index is 0.193. The molecule has 0 saturated carbocycles. The van der Waals surface area contributed by atoms with E-state index in [0.717, 1.165) is 44.5 Å². The molecular weight excluding hydrogens is 272 g/mol. The molecule has 2 aliphatic rings. The SMILES string of the molecule is Cc1cc(C)c(C2=CCC(CC3CCOCC3)C2=O)c(C)c1. The number of aryl methyl sites for hydroxylation is 3. The van der Waals surface area contributed by atoms with Gasteiger partial charge in [0.1, 0.15) is 0 Å². The Morgan fingerprint density at radius 2 is 1.73 bits per heavy atom. The van der Waals surface area contributed by atoms with E-state index >= 15 is 0 Å². The topological polar surface area (TPSA) is 26.3 Å². The molecule has 1 aromatic carbocycles. The number of benzene rings is 1. The second kappa shape index (κ2) is 6.37. The Bertz CT molecular complexity index is 583. The summed E-state index contributed by atoms with van der Waals surface area (Å²) in [4.78, 5) is 12.9. The number of carbonyl (C=O) groups is 1. The van der Waals surface area contributed by atoms with Crippen molar-refractivity contribution in [2.45, 2.75) is 46.5 Å². The van der Waals surface area contributed by atoms with E-state index in [9.17, 15) is 4.79 Å². The molecule has 1 atom stereocenters. The van der Waals surface area contributed by atoms with Gasteiger partial charge in [0.05, 0.1) is 0 Å². The van der Waals surface area contributed by atoms with Gasteiger partial charge in [-0.3, -0.25) is 4.79 Å². The van der Waals surface area contributed by atoms with Crippen LogP contribution in [0.1, 0.15) is 47.9 Å². The Kier molecular flexibility index (Phi) is 4.49. The van der Waals surface area contributed by atoms with Crippen LogP contribution < -0.4 is 0 Å². The summed E-state index contributed by atoms with van der Waals surface area (Å²) in [5.41, 5.74) is 5.85. The van der Waals surface area contributed by atoms with Crippen LogP contribution in [0.3, 0.4) is 0 Å². The van der Waals surface area contributed by atoms with Gasteiger partial charge < -0.3 is 4.74 Å². The Morgan fingerprint density at radius 1 is 1.09 bits per heavy atom. The van der Waals surface area contributed by atoms with Gasteiger partial charge >= 0.3 is 0 Å². The second-order valence-corrected chi connectivity index (χ2v) is 6.98. The summed E-state index contributed by atoms with van der Waals surface area (Å²) < 4.78 is 5.43. The first kappa shape index (κ1) is 15.5. The fraction of sp³-hybridized carbons (Fsp3) is 0.550. The maximum Gasteiger partial charge on any atom is 0.166 e. The van der Waals surface area contributed by atoms with Gasteiger partial charge in [-0.25, -0.2) is 0 Å². The average molecular weight is 298 g/mol. The molecule has 1 aromatic rings. The molecule has 1 heterocycles. The minimum atomic E-state index is 0.193. The first-order valence-electron chi connectivity index (χ1n) is 8.46. The quantitative estimate of drug-likeness (QED) is 0.826. The van der Waals surface area contributed by atoms with E-state index < -0.39 is 0 Å². The van der Waals surface area contributed by atoms with Crippen molar-refractivity contribution in [2.24, 2.45) is 11.8 Å². The van der Waals surface area contributed by atoms with Crippen LogP contribution in [0.25, 0.3) is 5.57 Å². The van der Waals surface area contributed by atoms with Gasteiger partial charge in [-0.15, -0.1) is 0 Å². The van der Waals surface area contributed by atoms with Crippen molar-refractivity contribution in [3.63, 3.8) is 0 Å². The fourth-order valence-corrected chi connectivity index (χ4v) is 4.11. The van der Waals surface area contributed by atoms with Crippen molar-refractivity contribution in [1.82, 2.24) is 0 Å². The van der Waals surface area contributed by atoms with E-state index in [1.54, 1.807) is 0 Å². The minimum Gasteiger partial charge on any atom is -0.381 e. The van der Waals surface area contributed by atoms with Gasteiger partial charge in [0.2, 0.25) is 0 Å². The van der Waals surface area contributed by atoms with Crippen molar-refractivity contribution in [1.29, 1.82) is 0 Å². The maximum absolute atomic E-state index is 12.9. The molecule has 1 unspecified atom stereocenters. The predicted molar refractivity (Wildman–Crippen MR) is 89.9 cm³/mol. The van der Waals surface area contributed by atoms with Gasteiger partial charge in [-0.1, -0.05) is 23.8 Å². The molecule has 1 fully saturated rings. The van der Waals surface area contributed by atoms with E-state index in [2.05, 4.69) is 39.0 Å². The number of allylic oxidation sites excluding steroid dienone is 2. The highest BCUT2D eigenvalue weighted by molar-refractivity contribution is 6.24. The third-order valence-corrected chi connectivity index (χ3v) is 5.15. The molecular formula is C20H26O2. The molecule has 0 amide bonds. The van der Waals surface area contributed by atoms with Gasteiger partial charge in [0, 0.05) is 24.7 Å². The zero-order valence-corrected chi connectivity index (χ0v) is 13.9. The van der Waals surface area contributed by atoms with E-state index in [1.807, 2.05) is 0 Å². The fourth-order valence-electron chi connectivity index (χ4n) is 4.11. The standard InChI is InChI=1S/C20H26O2/c1-13-10-14(2)19(15(3)11-13)18-5-4-17(20(18)21)12-16-6-8-22-9-7-16/h5,10-11,16-17H,4,6-9,12H2,1-3H3. The van der Waals surface area contributed by atoms with Gasteiger partial charge in [0.15, 0.2) is 5.78 Å². The number of ketones is 1. The summed E-state index contributed by atoms with van der Waals surface area (Å²) in [7, 11) is 0. The number of ether oxygens (including phenoxy) is 1. The maximum atomic E-state index is 12.9. The molecule has 3 rings (SSSR count). The van der Waals surface area contributed by atoms with Gasteiger partial charge in [-0.05, 0) is 69.1 Å². The lowest BCUT2D eigenvalue weighted by Crippen LogP contribution is -2.21. The molecule has 0 spiro atoms. The van der Waals surface area contributed by atoms with Crippen molar-refractivity contribution < 1.29 is 9.53 Å². The van der Waals surface area contributed by atoms with E-state index in [1.165, 1.54) is 22.3 Å². The Hall–Kier alpha value is -1.41. The predicted octanol–water partition coefficient (Wildman–Crippen LogP) is 4.40. The van der Waals surface area contributed by atoms with Gasteiger partial charge in [-0.2, -0.15) is 0 Å². The number of rotatable bonds is 3. The van der Waals surface area contributed by atoms with Crippen LogP contribution in [0, 0.1) is 32.6 Å². The van der Waals surface area contributed by atoms with Crippen LogP contribution in [-0.2, 0) is 9.53 Å². The Labute approximate surface area is 133 Å². The lowest BCUT2D eigenvalue weighted by atomic mass is 9.85. The average Bonchev–Trinajstić information content (AvgIpc) is 2.81. The molecule has 0 aromatic heterocycles. The number of hydrogen-bond acceptors (Lipinski definition) is 2. The number of Topliss-reactive ketones (excluding diaryl/α,β-unsaturated/α-hetero) is 1. The molecule has 1 aliphatic carbocycles. The summed E-state index contributed by atoms with van der Waals surface area (Å²) in [5.74, 6) is 1.22. The summed E-state index contributed by atoms with van der Waals surface area (Å²) in [5, 5.41) is 0. The Balaban J connectivity index is 1.76. The van der Waals surface area contributed by atoms with E-state index in [4.69, 9.17) is 4.74 Å². The molecule has 1 saturated heterocycles. The van der Waals surface area contributed by atoms with E-state index in [-0.39, 0.29) is 5.92 Å². The van der Waals surface area contributed by atoms with Crippen LogP contribution in [0.4, 0.5) is 0 Å². The largest absolute Gasteiger partial charge is 0.381 e. The summed E-state index contributed by atoms with van der Waals surface area (Å²) >= 11 is 0. The highest BCUT2D eigenvalue weighted by Crippen LogP contribution is 2.37. The summed E-state index contributed by atoms with van der Waals surface area (Å²) in [6.07, 6.45) is 6.35. The smallest absolute Gasteiger partial charge is 0.166 e. The van der Waals surface area contributed by atoms with Crippen molar-refractivity contribution in [2.75, 3.05) is 13.2 Å². The first-order valence-corrected chi connectivity index (χ1v) is 8.46. The van der Waals surface area contributed by atoms with Crippen molar-refractivity contribution in [3.05, 3.63) is 40.5 Å². The zero-order valence-electron chi connectivity index (χ0n) is 13.9. The van der Waals surface area contributed by atoms with Crippen LogP contribution in [0.15, 0.2) is 18.2 Å². The number of hydrogen-bond donors (Lipinski definition) is 0. The third kappa shape index (κ3) is 3.03. The highest BCUT2D eigenvalue weighted by Gasteiger charge is 2.31. The molecule has 118 valence electrons. The molecule has 1 aliphatic heterocycles. The van der Waals surface area contributed by atoms with Crippen molar-refractivity contribution in [3.8, 4) is 0 Å². The van der Waals surface area contributed by atoms with Crippen LogP contribution >= 0.6 is 0 Å². The normalized spacial score (nSPS) is 23.0. The Morgan fingerprint density at radius 3 is 2.36 bits per heavy atom. The van der Waals surface area contributed by atoms with Crippen LogP contribution in [-0.4, -0.2) is 19.0 Å². The van der Waals surface area contributed by atoms with Crippen LogP contribution in [0.2, 0.25) is 0 Å². The zero-order chi connectivity index (χ0) is 15.7. The van der Waals surface area contributed by atoms with Crippen LogP contribution in [0.5, 0.6) is 0 Å². The second-order valence-electron chi connectivity index (χ2n) is 6.98. The molecule has 0 bridgehead atoms. The van der Waals surface area contributed by atoms with E-state index in [0.29, 0.717) is 11.7 Å². The first-order chi connectivity index (χ1) is 10.6. The summed E-state index contributed by atoms with van der Waals surface area (Å²) in [6, 6.07) is 4.37. The molecule has 0 radical (unpaired) electrons. The summed E-state index contributed by atoms with van der Waals surface area (Å²) in [6.45, 7) is 8.08. The lowest BCUT2D eigenvalue weighted by Gasteiger charge is -2.24. The third-order valence-electron chi connectivity index (χ3n) is 5.15.